The van der Waals surface area contributed by atoms with Gasteiger partial charge in [-0.3, -0.25) is 9.59 Å². The Hall–Kier alpha value is -3.87. The van der Waals surface area contributed by atoms with Crippen LogP contribution in [0.15, 0.2) is 29.1 Å². The van der Waals surface area contributed by atoms with Gasteiger partial charge in [-0.1, -0.05) is 0 Å². The van der Waals surface area contributed by atoms with Crippen molar-refractivity contribution in [3.05, 3.63) is 30.4 Å². The molecule has 2 N–H and O–H groups in total. The Bertz CT molecular complexity index is 1160. The van der Waals surface area contributed by atoms with Crippen LogP contribution in [-0.2, 0) is 4.79 Å². The zero-order chi connectivity index (χ0) is 22.0. The van der Waals surface area contributed by atoms with Gasteiger partial charge in [0.2, 0.25) is 11.8 Å². The molecule has 1 saturated heterocycles. The fraction of sp³-hybridized carbons (Fsp3) is 0.381. The van der Waals surface area contributed by atoms with Gasteiger partial charge in [-0.2, -0.15) is 5.26 Å². The van der Waals surface area contributed by atoms with Gasteiger partial charge in [0, 0.05) is 51.0 Å². The zero-order valence-corrected chi connectivity index (χ0v) is 17.4. The molecule has 31 heavy (non-hydrogen) atoms. The number of nitrogens with one attached hydrogen (secondary N) is 2. The number of aromatic amines is 1. The van der Waals surface area contributed by atoms with Crippen LogP contribution in [0.25, 0.3) is 22.5 Å². The zero-order valence-electron chi connectivity index (χ0n) is 17.4. The number of hydrogen-bond acceptors (Lipinski definition) is 7. The molecule has 4 heterocycles. The summed E-state index contributed by atoms with van der Waals surface area (Å²) >= 11 is 0. The standard InChI is InChI=1S/C21H23N7O3/c1-27(2)21(30)16-12-31-20(26-16)15-10-24-19-14(6-8-23-19)18(15)25-13-4-3-9-28(11-13)17(29)5-7-22/h6,8,10,12-13H,3-5,9,11H2,1-2H3,(H2,23,24,25). The highest BCUT2D eigenvalue weighted by Gasteiger charge is 2.26. The highest BCUT2D eigenvalue weighted by atomic mass is 16.3. The average molecular weight is 421 g/mol. The van der Waals surface area contributed by atoms with E-state index >= 15 is 0 Å². The molecule has 0 spiro atoms. The maximum absolute atomic E-state index is 12.2. The highest BCUT2D eigenvalue weighted by molar-refractivity contribution is 5.98. The number of piperidine rings is 1. The summed E-state index contributed by atoms with van der Waals surface area (Å²) in [6, 6.07) is 3.83. The van der Waals surface area contributed by atoms with Crippen LogP contribution in [0, 0.1) is 11.3 Å². The Balaban J connectivity index is 1.66. The molecule has 3 aromatic heterocycles. The monoisotopic (exact) mass is 421 g/mol. The van der Waals surface area contributed by atoms with Crippen LogP contribution >= 0.6 is 0 Å². The van der Waals surface area contributed by atoms with Crippen molar-refractivity contribution in [2.45, 2.75) is 25.3 Å². The van der Waals surface area contributed by atoms with Gasteiger partial charge >= 0.3 is 0 Å². The minimum atomic E-state index is -0.251. The summed E-state index contributed by atoms with van der Waals surface area (Å²) in [6.07, 6.45) is 6.39. The number of H-pyrrole nitrogens is 1. The van der Waals surface area contributed by atoms with Crippen LogP contribution in [0.5, 0.6) is 0 Å². The van der Waals surface area contributed by atoms with Gasteiger partial charge in [-0.25, -0.2) is 9.97 Å². The van der Waals surface area contributed by atoms with Gasteiger partial charge in [-0.15, -0.1) is 0 Å². The first-order valence-corrected chi connectivity index (χ1v) is 10.0. The number of nitrogens with zero attached hydrogens (tertiary/aromatic N) is 5. The van der Waals surface area contributed by atoms with Crippen molar-refractivity contribution >= 4 is 28.5 Å². The molecule has 10 heteroatoms. The first-order chi connectivity index (χ1) is 15.0. The Morgan fingerprint density at radius 2 is 2.29 bits per heavy atom. The third-order valence-electron chi connectivity index (χ3n) is 5.30. The maximum atomic E-state index is 12.2. The van der Waals surface area contributed by atoms with Gasteiger partial charge in [0.25, 0.3) is 5.91 Å². The van der Waals surface area contributed by atoms with E-state index in [0.717, 1.165) is 23.9 Å². The van der Waals surface area contributed by atoms with Crippen LogP contribution in [-0.4, -0.2) is 69.8 Å². The number of anilines is 1. The third-order valence-corrected chi connectivity index (χ3v) is 5.30. The number of carbonyl (C=O) groups is 2. The predicted molar refractivity (Wildman–Crippen MR) is 113 cm³/mol. The summed E-state index contributed by atoms with van der Waals surface area (Å²) in [5.74, 6) is -0.120. The molecule has 0 aliphatic carbocycles. The van der Waals surface area contributed by atoms with Crippen molar-refractivity contribution in [2.24, 2.45) is 0 Å². The van der Waals surface area contributed by atoms with Gasteiger partial charge < -0.3 is 24.5 Å². The largest absolute Gasteiger partial charge is 0.443 e. The Labute approximate surface area is 178 Å². The molecule has 1 aliphatic heterocycles. The maximum Gasteiger partial charge on any atom is 0.275 e. The molecule has 0 radical (unpaired) electrons. The molecule has 160 valence electrons. The topological polar surface area (TPSA) is 131 Å². The molecule has 4 rings (SSSR count). The summed E-state index contributed by atoms with van der Waals surface area (Å²) in [5.41, 5.74) is 2.32. The number of fused-ring (bicyclic) bond motifs is 1. The smallest absolute Gasteiger partial charge is 0.275 e. The Morgan fingerprint density at radius 1 is 1.45 bits per heavy atom. The normalized spacial score (nSPS) is 16.2. The minimum absolute atomic E-state index is 0.00603. The van der Waals surface area contributed by atoms with E-state index < -0.39 is 0 Å². The van der Waals surface area contributed by atoms with E-state index in [1.54, 1.807) is 31.4 Å². The molecule has 2 amide bonds. The quantitative estimate of drug-likeness (QED) is 0.646. The molecule has 1 fully saturated rings. The summed E-state index contributed by atoms with van der Waals surface area (Å²) in [6.45, 7) is 1.15. The van der Waals surface area contributed by atoms with Gasteiger partial charge in [0.15, 0.2) is 5.69 Å². The van der Waals surface area contributed by atoms with Crippen molar-refractivity contribution in [2.75, 3.05) is 32.5 Å². The molecule has 0 saturated carbocycles. The second kappa shape index (κ2) is 8.47. The first-order valence-electron chi connectivity index (χ1n) is 10.0. The van der Waals surface area contributed by atoms with E-state index in [1.165, 1.54) is 11.2 Å². The van der Waals surface area contributed by atoms with Crippen molar-refractivity contribution in [3.63, 3.8) is 0 Å². The van der Waals surface area contributed by atoms with Crippen molar-refractivity contribution < 1.29 is 14.0 Å². The Kier molecular flexibility index (Phi) is 5.58. The number of aromatic nitrogens is 3. The number of nitriles is 1. The molecule has 1 atom stereocenters. The van der Waals surface area contributed by atoms with Crippen LogP contribution in [0.1, 0.15) is 29.8 Å². The predicted octanol–water partition coefficient (Wildman–Crippen LogP) is 2.24. The van der Waals surface area contributed by atoms with E-state index in [-0.39, 0.29) is 35.9 Å². The van der Waals surface area contributed by atoms with E-state index in [4.69, 9.17) is 9.68 Å². The SMILES string of the molecule is CN(C)C(=O)c1coc(-c2cnc3[nH]ccc3c2NC2CCCN(C(=O)CC#N)C2)n1. The van der Waals surface area contributed by atoms with E-state index in [2.05, 4.69) is 20.3 Å². The number of amides is 2. The number of carbonyl (C=O) groups excluding carboxylic acids is 2. The molecule has 1 aliphatic rings. The minimum Gasteiger partial charge on any atom is -0.443 e. The van der Waals surface area contributed by atoms with Crippen LogP contribution in [0.4, 0.5) is 5.69 Å². The van der Waals surface area contributed by atoms with Gasteiger partial charge in [0.1, 0.15) is 18.3 Å². The van der Waals surface area contributed by atoms with Gasteiger partial charge in [0.05, 0.1) is 17.3 Å². The van der Waals surface area contributed by atoms with E-state index in [0.29, 0.717) is 24.3 Å². The number of pyridine rings is 1. The van der Waals surface area contributed by atoms with Crippen molar-refractivity contribution in [1.82, 2.24) is 24.8 Å². The van der Waals surface area contributed by atoms with E-state index in [9.17, 15) is 9.59 Å². The van der Waals surface area contributed by atoms with Crippen molar-refractivity contribution in [1.29, 1.82) is 5.26 Å². The highest BCUT2D eigenvalue weighted by Crippen LogP contribution is 2.34. The Morgan fingerprint density at radius 3 is 3.06 bits per heavy atom. The van der Waals surface area contributed by atoms with Crippen LogP contribution < -0.4 is 5.32 Å². The van der Waals surface area contributed by atoms with Crippen LogP contribution in [0.2, 0.25) is 0 Å². The average Bonchev–Trinajstić information content (AvgIpc) is 3.43. The second-order valence-corrected chi connectivity index (χ2v) is 7.68. The summed E-state index contributed by atoms with van der Waals surface area (Å²) in [5, 5.41) is 13.2. The van der Waals surface area contributed by atoms with Gasteiger partial charge in [-0.05, 0) is 18.9 Å². The number of oxazole rings is 1. The lowest BCUT2D eigenvalue weighted by Gasteiger charge is -2.33. The fourth-order valence-corrected chi connectivity index (χ4v) is 3.76. The molecule has 10 nitrogen and oxygen atoms in total. The molecule has 0 aromatic carbocycles. The lowest BCUT2D eigenvalue weighted by Crippen LogP contribution is -2.45. The summed E-state index contributed by atoms with van der Waals surface area (Å²) in [4.78, 5) is 39.4. The third kappa shape index (κ3) is 4.07. The summed E-state index contributed by atoms with van der Waals surface area (Å²) in [7, 11) is 3.30. The molecular formula is C21H23N7O3. The first kappa shape index (κ1) is 20.4. The number of hydrogen-bond donors (Lipinski definition) is 2. The lowest BCUT2D eigenvalue weighted by atomic mass is 10.0. The number of likely N-dealkylation sites (tertiary alicyclic amines) is 1. The van der Waals surface area contributed by atoms with Crippen LogP contribution in [0.3, 0.4) is 0 Å². The lowest BCUT2D eigenvalue weighted by molar-refractivity contribution is -0.131. The molecular weight excluding hydrogens is 398 g/mol. The fourth-order valence-electron chi connectivity index (χ4n) is 3.76. The molecule has 1 unspecified atom stereocenters. The van der Waals surface area contributed by atoms with Crippen molar-refractivity contribution in [3.8, 4) is 17.5 Å². The van der Waals surface area contributed by atoms with E-state index in [1.807, 2.05) is 12.1 Å². The molecule has 3 aromatic rings. The summed E-state index contributed by atoms with van der Waals surface area (Å²) < 4.78 is 5.62. The number of rotatable bonds is 5. The second-order valence-electron chi connectivity index (χ2n) is 7.68. The molecule has 0 bridgehead atoms.